The third kappa shape index (κ3) is 4.75. The van der Waals surface area contributed by atoms with Crippen molar-refractivity contribution in [3.63, 3.8) is 0 Å². The molecule has 0 bridgehead atoms. The van der Waals surface area contributed by atoms with E-state index in [1.807, 2.05) is 45.0 Å². The molecule has 3 aromatic rings. The van der Waals surface area contributed by atoms with Crippen LogP contribution in [0.1, 0.15) is 31.3 Å². The summed E-state index contributed by atoms with van der Waals surface area (Å²) in [4.78, 5) is 24.3. The van der Waals surface area contributed by atoms with Crippen LogP contribution in [-0.2, 0) is 4.79 Å². The molecular formula is C21H21N3O3S. The van der Waals surface area contributed by atoms with Gasteiger partial charge in [0.1, 0.15) is 5.58 Å². The SMILES string of the molecule is CC(C)(C)C(=O)NC(=S)Nc1ccc(NC(=O)c2cc3ccccc3o2)cc1. The Morgan fingerprint density at radius 1 is 0.929 bits per heavy atom. The molecular weight excluding hydrogens is 374 g/mol. The van der Waals surface area contributed by atoms with Gasteiger partial charge in [0.25, 0.3) is 5.91 Å². The number of hydrogen-bond donors (Lipinski definition) is 3. The van der Waals surface area contributed by atoms with E-state index in [1.165, 1.54) is 0 Å². The number of carbonyl (C=O) groups excluding carboxylic acids is 2. The van der Waals surface area contributed by atoms with Gasteiger partial charge in [-0.2, -0.15) is 0 Å². The lowest BCUT2D eigenvalue weighted by atomic mass is 9.96. The highest BCUT2D eigenvalue weighted by atomic mass is 32.1. The fourth-order valence-corrected chi connectivity index (χ4v) is 2.59. The Morgan fingerprint density at radius 3 is 2.14 bits per heavy atom. The van der Waals surface area contributed by atoms with Gasteiger partial charge in [-0.15, -0.1) is 0 Å². The first-order valence-corrected chi connectivity index (χ1v) is 9.15. The number of anilines is 2. The normalized spacial score (nSPS) is 11.1. The van der Waals surface area contributed by atoms with Gasteiger partial charge in [-0.3, -0.25) is 9.59 Å². The van der Waals surface area contributed by atoms with Crippen molar-refractivity contribution in [3.05, 3.63) is 60.4 Å². The van der Waals surface area contributed by atoms with Crippen molar-refractivity contribution in [2.75, 3.05) is 10.6 Å². The Balaban J connectivity index is 1.60. The van der Waals surface area contributed by atoms with Crippen LogP contribution in [0.4, 0.5) is 11.4 Å². The quantitative estimate of drug-likeness (QED) is 0.567. The average molecular weight is 395 g/mol. The van der Waals surface area contributed by atoms with Gasteiger partial charge in [0.2, 0.25) is 5.91 Å². The van der Waals surface area contributed by atoms with E-state index in [1.54, 1.807) is 30.3 Å². The van der Waals surface area contributed by atoms with Gasteiger partial charge in [0, 0.05) is 22.2 Å². The Morgan fingerprint density at radius 2 is 1.54 bits per heavy atom. The van der Waals surface area contributed by atoms with E-state index in [9.17, 15) is 9.59 Å². The molecule has 0 radical (unpaired) electrons. The summed E-state index contributed by atoms with van der Waals surface area (Å²) in [6, 6.07) is 16.1. The standard InChI is InChI=1S/C21H21N3O3S/c1-21(2,3)19(26)24-20(28)23-15-10-8-14(9-11-15)22-18(25)17-12-13-6-4-5-7-16(13)27-17/h4-12H,1-3H3,(H,22,25)(H2,23,24,26,28). The van der Waals surface area contributed by atoms with Crippen LogP contribution in [0.15, 0.2) is 59.0 Å². The Kier molecular flexibility index (Phi) is 5.46. The van der Waals surface area contributed by atoms with Crippen LogP contribution < -0.4 is 16.0 Å². The molecule has 0 aliphatic heterocycles. The molecule has 0 aliphatic carbocycles. The molecule has 0 fully saturated rings. The molecule has 7 heteroatoms. The minimum absolute atomic E-state index is 0.167. The van der Waals surface area contributed by atoms with E-state index in [4.69, 9.17) is 16.6 Å². The molecule has 0 saturated carbocycles. The molecule has 0 unspecified atom stereocenters. The number of nitrogens with one attached hydrogen (secondary N) is 3. The van der Waals surface area contributed by atoms with Crippen molar-refractivity contribution in [3.8, 4) is 0 Å². The Labute approximate surface area is 168 Å². The second-order valence-electron chi connectivity index (χ2n) is 7.34. The number of fused-ring (bicyclic) bond motifs is 1. The van der Waals surface area contributed by atoms with Crippen LogP contribution >= 0.6 is 12.2 Å². The first kappa shape index (κ1) is 19.6. The predicted octanol–water partition coefficient (Wildman–Crippen LogP) is 4.54. The number of para-hydroxylation sites is 1. The molecule has 0 atom stereocenters. The number of amides is 2. The van der Waals surface area contributed by atoms with E-state index in [2.05, 4.69) is 16.0 Å². The minimum atomic E-state index is -0.531. The fraction of sp³-hybridized carbons (Fsp3) is 0.190. The number of rotatable bonds is 3. The molecule has 1 heterocycles. The van der Waals surface area contributed by atoms with Crippen LogP contribution in [0.25, 0.3) is 11.0 Å². The molecule has 28 heavy (non-hydrogen) atoms. The van der Waals surface area contributed by atoms with Crippen LogP contribution in [0.2, 0.25) is 0 Å². The summed E-state index contributed by atoms with van der Waals surface area (Å²) >= 11 is 5.15. The molecule has 0 spiro atoms. The van der Waals surface area contributed by atoms with E-state index in [-0.39, 0.29) is 22.7 Å². The number of thiocarbonyl (C=S) groups is 1. The van der Waals surface area contributed by atoms with Gasteiger partial charge in [-0.1, -0.05) is 39.0 Å². The van der Waals surface area contributed by atoms with Gasteiger partial charge >= 0.3 is 0 Å². The van der Waals surface area contributed by atoms with Crippen molar-refractivity contribution in [1.29, 1.82) is 0 Å². The van der Waals surface area contributed by atoms with Crippen LogP contribution in [0, 0.1) is 5.41 Å². The average Bonchev–Trinajstić information content (AvgIpc) is 3.07. The second kappa shape index (κ2) is 7.82. The maximum atomic E-state index is 12.4. The number of furan rings is 1. The van der Waals surface area contributed by atoms with Gasteiger partial charge in [-0.25, -0.2) is 0 Å². The summed E-state index contributed by atoms with van der Waals surface area (Å²) in [5.74, 6) is -0.251. The van der Waals surface area contributed by atoms with E-state index >= 15 is 0 Å². The van der Waals surface area contributed by atoms with Crippen molar-refractivity contribution in [1.82, 2.24) is 5.32 Å². The van der Waals surface area contributed by atoms with Crippen molar-refractivity contribution in [2.24, 2.45) is 5.41 Å². The Bertz CT molecular complexity index is 1000. The lowest BCUT2D eigenvalue weighted by molar-refractivity contribution is -0.126. The highest BCUT2D eigenvalue weighted by Gasteiger charge is 2.22. The van der Waals surface area contributed by atoms with Gasteiger partial charge < -0.3 is 20.4 Å². The zero-order valence-electron chi connectivity index (χ0n) is 15.8. The van der Waals surface area contributed by atoms with Crippen molar-refractivity contribution in [2.45, 2.75) is 20.8 Å². The molecule has 2 aromatic carbocycles. The summed E-state index contributed by atoms with van der Waals surface area (Å²) in [7, 11) is 0. The molecule has 3 N–H and O–H groups in total. The summed E-state index contributed by atoms with van der Waals surface area (Å²) < 4.78 is 5.56. The lowest BCUT2D eigenvalue weighted by Crippen LogP contribution is -2.41. The summed E-state index contributed by atoms with van der Waals surface area (Å²) in [6.07, 6.45) is 0. The Hall–Kier alpha value is -3.19. The van der Waals surface area contributed by atoms with E-state index in [0.717, 1.165) is 5.39 Å². The van der Waals surface area contributed by atoms with Crippen LogP contribution in [-0.4, -0.2) is 16.9 Å². The minimum Gasteiger partial charge on any atom is -0.451 e. The van der Waals surface area contributed by atoms with Gasteiger partial charge in [0.15, 0.2) is 10.9 Å². The molecule has 1 aromatic heterocycles. The fourth-order valence-electron chi connectivity index (χ4n) is 2.38. The molecule has 144 valence electrons. The van der Waals surface area contributed by atoms with Gasteiger partial charge in [-0.05, 0) is 48.6 Å². The number of benzene rings is 2. The van der Waals surface area contributed by atoms with E-state index < -0.39 is 5.41 Å². The highest BCUT2D eigenvalue weighted by molar-refractivity contribution is 7.80. The number of hydrogen-bond acceptors (Lipinski definition) is 4. The first-order valence-electron chi connectivity index (χ1n) is 8.75. The maximum Gasteiger partial charge on any atom is 0.291 e. The van der Waals surface area contributed by atoms with E-state index in [0.29, 0.717) is 17.0 Å². The molecule has 2 amide bonds. The van der Waals surface area contributed by atoms with Gasteiger partial charge in [0.05, 0.1) is 0 Å². The molecule has 0 saturated heterocycles. The highest BCUT2D eigenvalue weighted by Crippen LogP contribution is 2.20. The largest absolute Gasteiger partial charge is 0.451 e. The predicted molar refractivity (Wildman–Crippen MR) is 114 cm³/mol. The third-order valence-electron chi connectivity index (χ3n) is 3.96. The monoisotopic (exact) mass is 395 g/mol. The van der Waals surface area contributed by atoms with Crippen molar-refractivity contribution < 1.29 is 14.0 Å². The van der Waals surface area contributed by atoms with Crippen molar-refractivity contribution >= 4 is 51.5 Å². The summed E-state index contributed by atoms with van der Waals surface area (Å²) in [5.41, 5.74) is 1.44. The molecule has 6 nitrogen and oxygen atoms in total. The first-order chi connectivity index (χ1) is 13.2. The molecule has 3 rings (SSSR count). The van der Waals surface area contributed by atoms with Crippen LogP contribution in [0.5, 0.6) is 0 Å². The second-order valence-corrected chi connectivity index (χ2v) is 7.75. The summed E-state index contributed by atoms with van der Waals surface area (Å²) in [6.45, 7) is 5.43. The topological polar surface area (TPSA) is 83.4 Å². The summed E-state index contributed by atoms with van der Waals surface area (Å²) in [5, 5.41) is 9.47. The van der Waals surface area contributed by atoms with Crippen LogP contribution in [0.3, 0.4) is 0 Å². The zero-order valence-corrected chi connectivity index (χ0v) is 16.6. The number of carbonyl (C=O) groups is 2. The lowest BCUT2D eigenvalue weighted by Gasteiger charge is -2.18. The smallest absolute Gasteiger partial charge is 0.291 e. The maximum absolute atomic E-state index is 12.4. The zero-order chi connectivity index (χ0) is 20.3. The molecule has 0 aliphatic rings. The third-order valence-corrected chi connectivity index (χ3v) is 4.16.